The molecule has 5 rings (SSSR count). The zero-order valence-electron chi connectivity index (χ0n) is 23.1. The molecule has 38 heavy (non-hydrogen) atoms. The number of benzene rings is 1. The van der Waals surface area contributed by atoms with Crippen LogP contribution in [0.5, 0.6) is 0 Å². The maximum atomic E-state index is 15.2. The van der Waals surface area contributed by atoms with E-state index in [-0.39, 0.29) is 17.5 Å². The van der Waals surface area contributed by atoms with E-state index >= 15 is 4.39 Å². The lowest BCUT2D eigenvalue weighted by molar-refractivity contribution is 0.0565. The molecule has 1 unspecified atom stereocenters. The van der Waals surface area contributed by atoms with Gasteiger partial charge in [0.25, 0.3) is 5.91 Å². The number of likely N-dealkylation sites (tertiary alicyclic amines) is 1. The van der Waals surface area contributed by atoms with Crippen molar-refractivity contribution in [3.63, 3.8) is 0 Å². The maximum Gasteiger partial charge on any atom is 0.254 e. The van der Waals surface area contributed by atoms with Crippen LogP contribution in [0.15, 0.2) is 30.5 Å². The SMILES string of the molecule is CCN(C(=O)c1cc(F)ccc1-c1cc(C2CN(C(C)C3CCNCC3)C2)cn2c(C)nc(F)c12)C(C)C. The number of fused-ring (bicyclic) bond motifs is 1. The standard InChI is InChI=1S/C30H39F2N5O/c1-6-36(18(2)3)30(38)27-14-24(31)7-8-25(27)26-13-22(17-37-20(5)34-29(32)28(26)37)23-15-35(16-23)19(4)21-9-11-33-12-10-21/h7-8,13-14,17-19,21,23,33H,6,9-12,15-16H2,1-5H3. The molecule has 3 aromatic rings. The van der Waals surface area contributed by atoms with E-state index < -0.39 is 11.8 Å². The van der Waals surface area contributed by atoms with E-state index in [1.54, 1.807) is 22.3 Å². The number of carbonyl (C=O) groups excluding carboxylic acids is 1. The molecule has 2 saturated heterocycles. The van der Waals surface area contributed by atoms with Crippen LogP contribution in [0.2, 0.25) is 0 Å². The van der Waals surface area contributed by atoms with E-state index in [1.165, 1.54) is 25.0 Å². The van der Waals surface area contributed by atoms with Gasteiger partial charge in [-0.1, -0.05) is 6.07 Å². The number of pyridine rings is 1. The number of amides is 1. The molecule has 0 radical (unpaired) electrons. The lowest BCUT2D eigenvalue weighted by atomic mass is 9.84. The molecule has 0 bridgehead atoms. The van der Waals surface area contributed by atoms with E-state index in [9.17, 15) is 9.18 Å². The minimum absolute atomic E-state index is 0.0492. The van der Waals surface area contributed by atoms with Crippen LogP contribution in [0.4, 0.5) is 8.78 Å². The summed E-state index contributed by atoms with van der Waals surface area (Å²) >= 11 is 0. The first-order chi connectivity index (χ1) is 18.2. The third-order valence-electron chi connectivity index (χ3n) is 8.64. The van der Waals surface area contributed by atoms with Crippen molar-refractivity contribution in [1.82, 2.24) is 24.5 Å². The van der Waals surface area contributed by atoms with Gasteiger partial charge in [-0.25, -0.2) is 9.37 Å². The van der Waals surface area contributed by atoms with Crippen LogP contribution in [0.3, 0.4) is 0 Å². The zero-order valence-corrected chi connectivity index (χ0v) is 23.1. The second kappa shape index (κ2) is 10.7. The number of carbonyl (C=O) groups is 1. The molecule has 4 heterocycles. The number of piperidine rings is 1. The van der Waals surface area contributed by atoms with Gasteiger partial charge in [0.1, 0.15) is 17.2 Å². The number of aryl methyl sites for hydroxylation is 1. The van der Waals surface area contributed by atoms with Crippen molar-refractivity contribution in [2.24, 2.45) is 5.92 Å². The molecular weight excluding hydrogens is 484 g/mol. The van der Waals surface area contributed by atoms with Crippen LogP contribution in [0.1, 0.15) is 68.2 Å². The summed E-state index contributed by atoms with van der Waals surface area (Å²) < 4.78 is 31.5. The number of rotatable bonds is 7. The minimum Gasteiger partial charge on any atom is -0.336 e. The van der Waals surface area contributed by atoms with Crippen molar-refractivity contribution in [2.75, 3.05) is 32.7 Å². The molecule has 2 fully saturated rings. The maximum absolute atomic E-state index is 15.2. The van der Waals surface area contributed by atoms with Crippen LogP contribution < -0.4 is 5.32 Å². The molecule has 1 N–H and O–H groups in total. The molecule has 204 valence electrons. The summed E-state index contributed by atoms with van der Waals surface area (Å²) in [6.45, 7) is 14.4. The fourth-order valence-corrected chi connectivity index (χ4v) is 6.27. The van der Waals surface area contributed by atoms with E-state index in [2.05, 4.69) is 22.1 Å². The number of aromatic nitrogens is 2. The Morgan fingerprint density at radius 1 is 1.13 bits per heavy atom. The predicted molar refractivity (Wildman–Crippen MR) is 146 cm³/mol. The van der Waals surface area contributed by atoms with Crippen molar-refractivity contribution < 1.29 is 13.6 Å². The molecule has 8 heteroatoms. The Balaban J connectivity index is 1.54. The number of halogens is 2. The zero-order chi connectivity index (χ0) is 27.1. The molecule has 1 aromatic carbocycles. The van der Waals surface area contributed by atoms with Crippen molar-refractivity contribution >= 4 is 11.4 Å². The second-order valence-corrected chi connectivity index (χ2v) is 11.2. The van der Waals surface area contributed by atoms with Gasteiger partial charge in [-0.05, 0) is 95.8 Å². The monoisotopic (exact) mass is 523 g/mol. The van der Waals surface area contributed by atoms with E-state index in [0.717, 1.165) is 31.7 Å². The van der Waals surface area contributed by atoms with Gasteiger partial charge in [0.2, 0.25) is 5.95 Å². The number of hydrogen-bond acceptors (Lipinski definition) is 4. The van der Waals surface area contributed by atoms with Crippen LogP contribution in [0.25, 0.3) is 16.6 Å². The van der Waals surface area contributed by atoms with E-state index in [1.807, 2.05) is 33.0 Å². The van der Waals surface area contributed by atoms with Gasteiger partial charge in [0.05, 0.1) is 5.56 Å². The summed E-state index contributed by atoms with van der Waals surface area (Å²) in [4.78, 5) is 21.9. The van der Waals surface area contributed by atoms with Crippen LogP contribution in [-0.4, -0.2) is 69.9 Å². The van der Waals surface area contributed by atoms with Gasteiger partial charge in [0, 0.05) is 49.4 Å². The van der Waals surface area contributed by atoms with Gasteiger partial charge < -0.3 is 14.6 Å². The third-order valence-corrected chi connectivity index (χ3v) is 8.64. The molecule has 2 aliphatic rings. The first-order valence-electron chi connectivity index (χ1n) is 13.9. The van der Waals surface area contributed by atoms with Gasteiger partial charge >= 0.3 is 0 Å². The average molecular weight is 524 g/mol. The smallest absolute Gasteiger partial charge is 0.254 e. The third kappa shape index (κ3) is 4.84. The Morgan fingerprint density at radius 2 is 1.84 bits per heavy atom. The highest BCUT2D eigenvalue weighted by molar-refractivity contribution is 6.03. The Bertz CT molecular complexity index is 1320. The first kappa shape index (κ1) is 26.8. The quantitative estimate of drug-likeness (QED) is 0.460. The molecule has 0 saturated carbocycles. The Hall–Kier alpha value is -2.84. The molecule has 1 amide bonds. The lowest BCUT2D eigenvalue weighted by Crippen LogP contribution is -2.53. The summed E-state index contributed by atoms with van der Waals surface area (Å²) in [6, 6.07) is 6.69. The number of nitrogens with one attached hydrogen (secondary N) is 1. The largest absolute Gasteiger partial charge is 0.336 e. The Labute approximate surface area is 224 Å². The highest BCUT2D eigenvalue weighted by Crippen LogP contribution is 2.38. The molecule has 2 aliphatic heterocycles. The number of nitrogens with zero attached hydrogens (tertiary/aromatic N) is 4. The predicted octanol–water partition coefficient (Wildman–Crippen LogP) is 5.25. The second-order valence-electron chi connectivity index (χ2n) is 11.2. The topological polar surface area (TPSA) is 52.9 Å². The summed E-state index contributed by atoms with van der Waals surface area (Å²) in [6.07, 6.45) is 4.40. The van der Waals surface area contributed by atoms with Gasteiger partial charge in [-0.2, -0.15) is 4.39 Å². The molecule has 6 nitrogen and oxygen atoms in total. The highest BCUT2D eigenvalue weighted by atomic mass is 19.1. The Kier molecular flexibility index (Phi) is 7.56. The van der Waals surface area contributed by atoms with Crippen molar-refractivity contribution in [3.8, 4) is 11.1 Å². The van der Waals surface area contributed by atoms with Crippen LogP contribution in [0, 0.1) is 24.6 Å². The van der Waals surface area contributed by atoms with Gasteiger partial charge in [-0.15, -0.1) is 0 Å². The van der Waals surface area contributed by atoms with E-state index in [4.69, 9.17) is 0 Å². The van der Waals surface area contributed by atoms with Gasteiger partial charge in [-0.3, -0.25) is 9.69 Å². The fourth-order valence-electron chi connectivity index (χ4n) is 6.27. The molecule has 0 aliphatic carbocycles. The van der Waals surface area contributed by atoms with Crippen molar-refractivity contribution in [3.05, 3.63) is 59.2 Å². The van der Waals surface area contributed by atoms with Gasteiger partial charge in [0.15, 0.2) is 0 Å². The fraction of sp³-hybridized carbons (Fsp3) is 0.533. The van der Waals surface area contributed by atoms with Crippen LogP contribution in [-0.2, 0) is 0 Å². The molecular formula is C30H39F2N5O. The minimum atomic E-state index is -0.585. The van der Waals surface area contributed by atoms with Crippen molar-refractivity contribution in [1.29, 1.82) is 0 Å². The van der Waals surface area contributed by atoms with Crippen LogP contribution >= 0.6 is 0 Å². The lowest BCUT2D eigenvalue weighted by Gasteiger charge is -2.47. The summed E-state index contributed by atoms with van der Waals surface area (Å²) in [5, 5.41) is 3.45. The molecule has 2 aromatic heterocycles. The number of hydrogen-bond donors (Lipinski definition) is 1. The average Bonchev–Trinajstić information content (AvgIpc) is 3.16. The highest BCUT2D eigenvalue weighted by Gasteiger charge is 2.36. The number of imidazole rings is 1. The van der Waals surface area contributed by atoms with E-state index in [0.29, 0.717) is 46.9 Å². The summed E-state index contributed by atoms with van der Waals surface area (Å²) in [7, 11) is 0. The molecule has 1 atom stereocenters. The normalized spacial score (nSPS) is 18.2. The van der Waals surface area contributed by atoms with Crippen molar-refractivity contribution in [2.45, 2.75) is 65.5 Å². The first-order valence-corrected chi connectivity index (χ1v) is 13.9. The Morgan fingerprint density at radius 3 is 2.50 bits per heavy atom. The summed E-state index contributed by atoms with van der Waals surface area (Å²) in [5.41, 5.74) is 2.75. The summed E-state index contributed by atoms with van der Waals surface area (Å²) in [5.74, 6) is 0.216. The molecule has 0 spiro atoms.